The van der Waals surface area contributed by atoms with Gasteiger partial charge in [0.1, 0.15) is 55.9 Å². The quantitative estimate of drug-likeness (QED) is 0.0353. The molecule has 61 heavy (non-hydrogen) atoms. The Labute approximate surface area is 350 Å². The van der Waals surface area contributed by atoms with Crippen LogP contribution in [-0.2, 0) is 44.7 Å². The maximum atomic E-state index is 13.7. The number of ether oxygens (including phenoxy) is 4. The Balaban J connectivity index is 1.07. The van der Waals surface area contributed by atoms with Gasteiger partial charge >= 0.3 is 0 Å². The van der Waals surface area contributed by atoms with Gasteiger partial charge in [0.25, 0.3) is 0 Å². The van der Waals surface area contributed by atoms with E-state index in [0.717, 1.165) is 11.1 Å². The molecule has 1 fully saturated rings. The van der Waals surface area contributed by atoms with E-state index < -0.39 is 73.0 Å². The van der Waals surface area contributed by atoms with E-state index in [1.54, 1.807) is 4.90 Å². The van der Waals surface area contributed by atoms with E-state index in [0.29, 0.717) is 17.7 Å². The lowest BCUT2D eigenvalue weighted by atomic mass is 9.78. The molecule has 0 aromatic heterocycles. The summed E-state index contributed by atoms with van der Waals surface area (Å²) in [5, 5.41) is 63.2. The molecule has 1 heterocycles. The number of amides is 3. The first-order chi connectivity index (χ1) is 29.3. The van der Waals surface area contributed by atoms with Crippen molar-refractivity contribution in [2.45, 2.75) is 55.9 Å². The number of nitrogens with zero attached hydrogens (tertiary/aromatic N) is 1. The van der Waals surface area contributed by atoms with Crippen molar-refractivity contribution in [3.8, 4) is 0 Å². The first kappa shape index (κ1) is 48.9. The number of carbonyl (C=O) groups excluding carboxylic acids is 4. The Morgan fingerprint density at radius 3 is 1.85 bits per heavy atom. The number of benzene rings is 3. The molecular formula is C42H53F2N3O14. The van der Waals surface area contributed by atoms with Crippen LogP contribution in [0.2, 0.25) is 0 Å². The zero-order valence-corrected chi connectivity index (χ0v) is 33.3. The van der Waals surface area contributed by atoms with Gasteiger partial charge in [0.15, 0.2) is 5.78 Å². The number of Topliss-reactive ketones (excluding diaryl/α,β-unsaturated/α-hetero) is 1. The van der Waals surface area contributed by atoms with Crippen molar-refractivity contribution >= 4 is 29.2 Å². The average Bonchev–Trinajstić information content (AvgIpc) is 3.26. The number of nitrogens with one attached hydrogen (secondary N) is 2. The predicted octanol–water partition coefficient (Wildman–Crippen LogP) is -0.0135. The van der Waals surface area contributed by atoms with Crippen molar-refractivity contribution in [3.05, 3.63) is 101 Å². The molecule has 1 aliphatic heterocycles. The predicted molar refractivity (Wildman–Crippen MR) is 211 cm³/mol. The summed E-state index contributed by atoms with van der Waals surface area (Å²) in [7, 11) is 0. The molecule has 7 unspecified atom stereocenters. The zero-order valence-electron chi connectivity index (χ0n) is 33.3. The van der Waals surface area contributed by atoms with E-state index in [1.165, 1.54) is 48.5 Å². The van der Waals surface area contributed by atoms with Crippen molar-refractivity contribution in [2.75, 3.05) is 70.9 Å². The maximum Gasteiger partial charge on any atom is 0.246 e. The van der Waals surface area contributed by atoms with Crippen molar-refractivity contribution in [1.82, 2.24) is 10.6 Å². The summed E-state index contributed by atoms with van der Waals surface area (Å²) in [6, 6.07) is 18.2. The minimum absolute atomic E-state index is 0.0418. The van der Waals surface area contributed by atoms with Crippen LogP contribution < -0.4 is 15.5 Å². The number of anilines is 1. The topological polar surface area (TPSA) is 254 Å². The third-order valence-corrected chi connectivity index (χ3v) is 9.74. The Morgan fingerprint density at radius 2 is 1.25 bits per heavy atom. The number of aliphatic hydroxyl groups is 6. The van der Waals surface area contributed by atoms with Gasteiger partial charge in [0, 0.05) is 18.8 Å². The molecule has 7 atom stereocenters. The smallest absolute Gasteiger partial charge is 0.246 e. The molecule has 1 saturated heterocycles. The van der Waals surface area contributed by atoms with Crippen LogP contribution in [-0.4, -0.2) is 145 Å². The molecule has 0 bridgehead atoms. The van der Waals surface area contributed by atoms with E-state index in [9.17, 15) is 53.5 Å². The van der Waals surface area contributed by atoms with E-state index >= 15 is 0 Å². The maximum absolute atomic E-state index is 13.7. The number of β-lactam (4-membered cyclic amide) rings is 1. The van der Waals surface area contributed by atoms with E-state index in [1.807, 2.05) is 24.3 Å². The first-order valence-corrected chi connectivity index (χ1v) is 19.6. The molecule has 0 aliphatic carbocycles. The fraction of sp³-hybridized carbons (Fsp3) is 0.476. The molecular weight excluding hydrogens is 808 g/mol. The van der Waals surface area contributed by atoms with Gasteiger partial charge in [-0.15, -0.1) is 0 Å². The normalized spacial score (nSPS) is 17.5. The zero-order chi connectivity index (χ0) is 44.3. The molecule has 1 aliphatic rings. The van der Waals surface area contributed by atoms with Crippen molar-refractivity contribution in [1.29, 1.82) is 0 Å². The second-order valence-electron chi connectivity index (χ2n) is 14.2. The highest BCUT2D eigenvalue weighted by molar-refractivity contribution is 6.03. The summed E-state index contributed by atoms with van der Waals surface area (Å²) in [5.74, 6) is -3.22. The van der Waals surface area contributed by atoms with Crippen LogP contribution in [0.4, 0.5) is 14.5 Å². The van der Waals surface area contributed by atoms with Crippen molar-refractivity contribution in [3.63, 3.8) is 0 Å². The standard InChI is InChI=1S/C42H53F2N3O14/c43-29-7-5-27(6-8-29)33(49)14-13-32-38(47(42(32)57)31-11-9-30(44)10-12-31)28-3-1-26(2-4-28)21-46-37(53)25-61-20-19-60-24-36(52)45-15-16-58-17-18-59-23-35(51)40(55)41(56)39(54)34(50)22-48/h1-12,32-34,38-41,48-50,54-56H,13-25H2,(H,45,52)(H,46,53). The van der Waals surface area contributed by atoms with Gasteiger partial charge in [-0.2, -0.15) is 0 Å². The van der Waals surface area contributed by atoms with Crippen LogP contribution in [0.5, 0.6) is 0 Å². The van der Waals surface area contributed by atoms with Crippen LogP contribution in [0.3, 0.4) is 0 Å². The van der Waals surface area contributed by atoms with Crippen LogP contribution in [0.1, 0.15) is 41.7 Å². The molecule has 17 nitrogen and oxygen atoms in total. The lowest BCUT2D eigenvalue weighted by molar-refractivity contribution is -0.151. The average molecular weight is 862 g/mol. The van der Waals surface area contributed by atoms with E-state index in [-0.39, 0.29) is 83.6 Å². The first-order valence-electron chi connectivity index (χ1n) is 19.6. The highest BCUT2D eigenvalue weighted by Crippen LogP contribution is 2.46. The van der Waals surface area contributed by atoms with Gasteiger partial charge in [-0.1, -0.05) is 36.4 Å². The van der Waals surface area contributed by atoms with Gasteiger partial charge in [-0.05, 0) is 65.9 Å². The largest absolute Gasteiger partial charge is 0.394 e. The number of carbonyl (C=O) groups is 4. The van der Waals surface area contributed by atoms with Crippen molar-refractivity contribution < 1.29 is 77.5 Å². The molecule has 3 amide bonds. The minimum Gasteiger partial charge on any atom is -0.394 e. The number of rotatable bonds is 28. The van der Waals surface area contributed by atoms with Gasteiger partial charge in [-0.25, -0.2) is 8.78 Å². The summed E-state index contributed by atoms with van der Waals surface area (Å²) >= 11 is 0. The van der Waals surface area contributed by atoms with Gasteiger partial charge in [0.2, 0.25) is 17.7 Å². The highest BCUT2D eigenvalue weighted by Gasteiger charge is 2.48. The Hall–Kier alpha value is -4.80. The van der Waals surface area contributed by atoms with Crippen molar-refractivity contribution in [2.24, 2.45) is 5.92 Å². The van der Waals surface area contributed by atoms with E-state index in [2.05, 4.69) is 10.6 Å². The Morgan fingerprint density at radius 1 is 0.689 bits per heavy atom. The molecule has 3 aromatic rings. The molecule has 0 saturated carbocycles. The summed E-state index contributed by atoms with van der Waals surface area (Å²) in [6.07, 6.45) is -7.98. The Kier molecular flexibility index (Phi) is 20.2. The van der Waals surface area contributed by atoms with Gasteiger partial charge in [-0.3, -0.25) is 19.2 Å². The molecule has 334 valence electrons. The van der Waals surface area contributed by atoms with Crippen LogP contribution in [0.25, 0.3) is 0 Å². The summed E-state index contributed by atoms with van der Waals surface area (Å²) in [4.78, 5) is 51.2. The fourth-order valence-corrected chi connectivity index (χ4v) is 6.33. The van der Waals surface area contributed by atoms with Gasteiger partial charge in [0.05, 0.1) is 57.7 Å². The van der Waals surface area contributed by atoms with Crippen LogP contribution in [0, 0.1) is 17.6 Å². The monoisotopic (exact) mass is 861 g/mol. The van der Waals surface area contributed by atoms with Crippen LogP contribution >= 0.6 is 0 Å². The summed E-state index contributed by atoms with van der Waals surface area (Å²) in [6.45, 7) is -1.43. The number of hydrogen-bond donors (Lipinski definition) is 8. The lowest BCUT2D eigenvalue weighted by Crippen LogP contribution is -2.55. The third-order valence-electron chi connectivity index (χ3n) is 9.74. The minimum atomic E-state index is -2.03. The number of hydrogen-bond acceptors (Lipinski definition) is 14. The molecule has 19 heteroatoms. The number of aliphatic hydroxyl groups excluding tert-OH is 6. The third kappa shape index (κ3) is 15.3. The molecule has 8 N–H and O–H groups in total. The fourth-order valence-electron chi connectivity index (χ4n) is 6.33. The highest BCUT2D eigenvalue weighted by atomic mass is 19.1. The van der Waals surface area contributed by atoms with Gasteiger partial charge < -0.3 is 65.1 Å². The second-order valence-corrected chi connectivity index (χ2v) is 14.2. The second kappa shape index (κ2) is 25.2. The molecule has 4 rings (SSSR count). The number of ketones is 1. The van der Waals surface area contributed by atoms with E-state index in [4.69, 9.17) is 24.1 Å². The number of halogens is 2. The molecule has 0 spiro atoms. The Bertz CT molecular complexity index is 1820. The molecule has 3 aromatic carbocycles. The SMILES string of the molecule is O=C(COCCOCC(=O)NCc1ccc(C2C(CCC(O)c3ccc(F)cc3)C(=O)N2c2ccc(F)cc2)cc1)NCCOCCOCC(=O)C(O)C(O)C(O)C(O)CO. The lowest BCUT2D eigenvalue weighted by Gasteiger charge is -2.48. The summed E-state index contributed by atoms with van der Waals surface area (Å²) in [5.41, 5.74) is 2.69. The molecule has 0 radical (unpaired) electrons. The summed E-state index contributed by atoms with van der Waals surface area (Å²) < 4.78 is 47.9. The van der Waals surface area contributed by atoms with Crippen LogP contribution in [0.15, 0.2) is 72.8 Å².